The Kier molecular flexibility index (Phi) is 5.17. The van der Waals surface area contributed by atoms with E-state index in [0.29, 0.717) is 11.3 Å². The van der Waals surface area contributed by atoms with E-state index in [0.717, 1.165) is 22.0 Å². The van der Waals surface area contributed by atoms with Gasteiger partial charge in [0, 0.05) is 19.8 Å². The van der Waals surface area contributed by atoms with Gasteiger partial charge in [0.2, 0.25) is 0 Å². The van der Waals surface area contributed by atoms with Crippen LogP contribution in [0.2, 0.25) is 0 Å². The Bertz CT molecular complexity index is 947. The van der Waals surface area contributed by atoms with Crippen LogP contribution in [0.25, 0.3) is 10.8 Å². The second-order valence-corrected chi connectivity index (χ2v) is 6.08. The van der Waals surface area contributed by atoms with Crippen LogP contribution in [0.15, 0.2) is 65.8 Å². The Morgan fingerprint density at radius 2 is 1.69 bits per heavy atom. The number of nitrogens with zero attached hydrogens (tertiary/aromatic N) is 2. The Hall–Kier alpha value is -3.34. The number of rotatable bonds is 5. The summed E-state index contributed by atoms with van der Waals surface area (Å²) in [5, 5.41) is 6.05. The quantitative estimate of drug-likeness (QED) is 0.566. The summed E-state index contributed by atoms with van der Waals surface area (Å²) in [5.74, 6) is 0.209. The summed E-state index contributed by atoms with van der Waals surface area (Å²) >= 11 is 0. The van der Waals surface area contributed by atoms with Crippen LogP contribution >= 0.6 is 0 Å². The van der Waals surface area contributed by atoms with Gasteiger partial charge in [0.05, 0.1) is 18.9 Å². The molecule has 0 aliphatic carbocycles. The van der Waals surface area contributed by atoms with Crippen molar-refractivity contribution in [2.75, 3.05) is 26.1 Å². The van der Waals surface area contributed by atoms with Crippen LogP contribution in [0.5, 0.6) is 5.75 Å². The van der Waals surface area contributed by atoms with Gasteiger partial charge in [-0.15, -0.1) is 0 Å². The summed E-state index contributed by atoms with van der Waals surface area (Å²) in [5.41, 5.74) is 5.02. The van der Waals surface area contributed by atoms with Gasteiger partial charge >= 0.3 is 0 Å². The number of hydrazone groups is 1. The third-order valence-corrected chi connectivity index (χ3v) is 4.10. The van der Waals surface area contributed by atoms with E-state index in [9.17, 15) is 4.79 Å². The van der Waals surface area contributed by atoms with Gasteiger partial charge in [-0.1, -0.05) is 36.4 Å². The molecule has 0 unspecified atom stereocenters. The average molecular weight is 347 g/mol. The highest BCUT2D eigenvalue weighted by atomic mass is 16.5. The molecule has 26 heavy (non-hydrogen) atoms. The molecule has 3 aromatic rings. The molecule has 5 heteroatoms. The highest BCUT2D eigenvalue weighted by Crippen LogP contribution is 2.25. The Morgan fingerprint density at radius 1 is 1.04 bits per heavy atom. The molecular formula is C21H21N3O2. The van der Waals surface area contributed by atoms with Crippen LogP contribution in [0.1, 0.15) is 15.9 Å². The summed E-state index contributed by atoms with van der Waals surface area (Å²) in [4.78, 5) is 14.5. The number of amides is 1. The van der Waals surface area contributed by atoms with Crippen molar-refractivity contribution in [2.45, 2.75) is 0 Å². The lowest BCUT2D eigenvalue weighted by Crippen LogP contribution is -2.18. The van der Waals surface area contributed by atoms with Gasteiger partial charge in [0.15, 0.2) is 0 Å². The zero-order chi connectivity index (χ0) is 18.5. The van der Waals surface area contributed by atoms with Crippen molar-refractivity contribution in [3.05, 3.63) is 71.8 Å². The number of fused-ring (bicyclic) bond motifs is 1. The first-order valence-corrected chi connectivity index (χ1v) is 8.26. The van der Waals surface area contributed by atoms with Crippen molar-refractivity contribution < 1.29 is 9.53 Å². The Morgan fingerprint density at radius 3 is 2.31 bits per heavy atom. The minimum absolute atomic E-state index is 0.311. The van der Waals surface area contributed by atoms with Gasteiger partial charge in [0.25, 0.3) is 5.91 Å². The lowest BCUT2D eigenvalue weighted by atomic mass is 10.1. The minimum atomic E-state index is -0.311. The number of nitrogens with one attached hydrogen (secondary N) is 1. The number of anilines is 1. The van der Waals surface area contributed by atoms with Crippen LogP contribution in [-0.4, -0.2) is 33.3 Å². The molecule has 0 heterocycles. The number of hydrogen-bond donors (Lipinski definition) is 1. The maximum Gasteiger partial charge on any atom is 0.275 e. The SMILES string of the molecule is COc1cc2ccccc2cc1C(=O)N/N=C/c1ccc(N(C)C)cc1. The fourth-order valence-electron chi connectivity index (χ4n) is 2.65. The standard InChI is InChI=1S/C21H21N3O2/c1-24(2)18-10-8-15(9-11-18)14-22-23-21(25)19-12-16-6-4-5-7-17(16)13-20(19)26-3/h4-14H,1-3H3,(H,23,25)/b22-14+. The number of benzene rings is 3. The highest BCUT2D eigenvalue weighted by molar-refractivity contribution is 6.01. The Balaban J connectivity index is 1.76. The fourth-order valence-corrected chi connectivity index (χ4v) is 2.65. The fraction of sp³-hybridized carbons (Fsp3) is 0.143. The molecule has 3 aromatic carbocycles. The summed E-state index contributed by atoms with van der Waals surface area (Å²) in [6, 6.07) is 19.4. The summed E-state index contributed by atoms with van der Waals surface area (Å²) in [6.45, 7) is 0. The molecule has 132 valence electrons. The first-order chi connectivity index (χ1) is 12.6. The molecule has 0 spiro atoms. The zero-order valence-corrected chi connectivity index (χ0v) is 15.1. The highest BCUT2D eigenvalue weighted by Gasteiger charge is 2.13. The lowest BCUT2D eigenvalue weighted by Gasteiger charge is -2.11. The lowest BCUT2D eigenvalue weighted by molar-refractivity contribution is 0.0952. The minimum Gasteiger partial charge on any atom is -0.496 e. The third-order valence-electron chi connectivity index (χ3n) is 4.10. The molecule has 5 nitrogen and oxygen atoms in total. The van der Waals surface area contributed by atoms with Crippen molar-refractivity contribution in [3.8, 4) is 5.75 Å². The maximum atomic E-state index is 12.5. The van der Waals surface area contributed by atoms with E-state index in [4.69, 9.17) is 4.74 Å². The van der Waals surface area contributed by atoms with Crippen molar-refractivity contribution in [2.24, 2.45) is 5.10 Å². The molecule has 1 N–H and O–H groups in total. The van der Waals surface area contributed by atoms with E-state index in [1.165, 1.54) is 0 Å². The van der Waals surface area contributed by atoms with Gasteiger partial charge in [-0.25, -0.2) is 5.43 Å². The summed E-state index contributed by atoms with van der Waals surface area (Å²) in [7, 11) is 5.52. The van der Waals surface area contributed by atoms with Gasteiger partial charge in [-0.2, -0.15) is 5.10 Å². The predicted octanol–water partition coefficient (Wildman–Crippen LogP) is 3.68. The summed E-state index contributed by atoms with van der Waals surface area (Å²) in [6.07, 6.45) is 1.62. The topological polar surface area (TPSA) is 53.9 Å². The molecule has 0 saturated heterocycles. The van der Waals surface area contributed by atoms with Gasteiger partial charge < -0.3 is 9.64 Å². The van der Waals surface area contributed by atoms with E-state index in [2.05, 4.69) is 10.5 Å². The number of carbonyl (C=O) groups excluding carboxylic acids is 1. The van der Waals surface area contributed by atoms with E-state index in [1.807, 2.05) is 79.7 Å². The molecule has 3 rings (SSSR count). The van der Waals surface area contributed by atoms with E-state index in [1.54, 1.807) is 13.3 Å². The maximum absolute atomic E-state index is 12.5. The zero-order valence-electron chi connectivity index (χ0n) is 15.1. The number of methoxy groups -OCH3 is 1. The number of carbonyl (C=O) groups is 1. The van der Waals surface area contributed by atoms with E-state index >= 15 is 0 Å². The van der Waals surface area contributed by atoms with Crippen molar-refractivity contribution in [1.29, 1.82) is 0 Å². The van der Waals surface area contributed by atoms with Crippen molar-refractivity contribution in [3.63, 3.8) is 0 Å². The average Bonchev–Trinajstić information content (AvgIpc) is 2.67. The molecule has 0 aromatic heterocycles. The smallest absolute Gasteiger partial charge is 0.275 e. The monoisotopic (exact) mass is 347 g/mol. The summed E-state index contributed by atoms with van der Waals surface area (Å²) < 4.78 is 5.36. The van der Waals surface area contributed by atoms with Crippen LogP contribution < -0.4 is 15.1 Å². The van der Waals surface area contributed by atoms with Crippen molar-refractivity contribution in [1.82, 2.24) is 5.43 Å². The van der Waals surface area contributed by atoms with Gasteiger partial charge in [-0.3, -0.25) is 4.79 Å². The predicted molar refractivity (Wildman–Crippen MR) is 106 cm³/mol. The third kappa shape index (κ3) is 3.83. The second kappa shape index (κ2) is 7.70. The normalized spacial score (nSPS) is 10.9. The van der Waals surface area contributed by atoms with E-state index in [-0.39, 0.29) is 5.91 Å². The number of ether oxygens (including phenoxy) is 1. The van der Waals surface area contributed by atoms with E-state index < -0.39 is 0 Å². The molecule has 0 atom stereocenters. The molecule has 0 aliphatic rings. The molecule has 0 saturated carbocycles. The largest absolute Gasteiger partial charge is 0.496 e. The molecular weight excluding hydrogens is 326 g/mol. The Labute approximate surface area is 152 Å². The molecule has 0 radical (unpaired) electrons. The molecule has 0 aliphatic heterocycles. The number of hydrogen-bond acceptors (Lipinski definition) is 4. The van der Waals surface area contributed by atoms with Crippen LogP contribution in [-0.2, 0) is 0 Å². The first kappa shape index (κ1) is 17.5. The first-order valence-electron chi connectivity index (χ1n) is 8.26. The van der Waals surface area contributed by atoms with Crippen LogP contribution in [0.3, 0.4) is 0 Å². The van der Waals surface area contributed by atoms with Gasteiger partial charge in [0.1, 0.15) is 5.75 Å². The second-order valence-electron chi connectivity index (χ2n) is 6.08. The van der Waals surface area contributed by atoms with Crippen LogP contribution in [0, 0.1) is 0 Å². The molecule has 1 amide bonds. The van der Waals surface area contributed by atoms with Crippen molar-refractivity contribution >= 4 is 28.6 Å². The van der Waals surface area contributed by atoms with Gasteiger partial charge in [-0.05, 0) is 40.6 Å². The van der Waals surface area contributed by atoms with Crippen LogP contribution in [0.4, 0.5) is 5.69 Å². The molecule has 0 fully saturated rings. The molecule has 0 bridgehead atoms.